The summed E-state index contributed by atoms with van der Waals surface area (Å²) < 4.78 is 5.75. The third-order valence-corrected chi connectivity index (χ3v) is 5.52. The molecule has 2 aromatic rings. The van der Waals surface area contributed by atoms with E-state index in [1.165, 1.54) is 11.1 Å². The Labute approximate surface area is 181 Å². The van der Waals surface area contributed by atoms with Crippen molar-refractivity contribution in [3.8, 4) is 0 Å². The third kappa shape index (κ3) is 8.17. The number of aliphatic imine (C=N–C) groups is 1. The fourth-order valence-electron chi connectivity index (χ4n) is 3.77. The maximum Gasteiger partial charge on any atom is 0.191 e. The summed E-state index contributed by atoms with van der Waals surface area (Å²) in [6.07, 6.45) is 4.43. The number of unbranched alkanes of at least 4 members (excludes halogenated alkanes) is 1. The van der Waals surface area contributed by atoms with E-state index in [9.17, 15) is 0 Å². The van der Waals surface area contributed by atoms with Crippen molar-refractivity contribution < 1.29 is 4.74 Å². The average Bonchev–Trinajstić information content (AvgIpc) is 2.80. The lowest BCUT2D eigenvalue weighted by Gasteiger charge is -2.33. The van der Waals surface area contributed by atoms with Crippen molar-refractivity contribution in [2.75, 3.05) is 33.3 Å². The van der Waals surface area contributed by atoms with Gasteiger partial charge in [0, 0.05) is 45.9 Å². The van der Waals surface area contributed by atoms with Gasteiger partial charge in [-0.15, -0.1) is 0 Å². The maximum atomic E-state index is 5.75. The third-order valence-electron chi connectivity index (χ3n) is 5.52. The fraction of sp³-hybridized carbons (Fsp3) is 0.480. The lowest BCUT2D eigenvalue weighted by atomic mass is 10.0. The Morgan fingerprint density at radius 1 is 0.967 bits per heavy atom. The van der Waals surface area contributed by atoms with Gasteiger partial charge in [-0.3, -0.25) is 9.89 Å². The summed E-state index contributed by atoms with van der Waals surface area (Å²) in [6, 6.07) is 21.6. The van der Waals surface area contributed by atoms with Crippen LogP contribution in [0.4, 0.5) is 0 Å². The first-order valence-electron chi connectivity index (χ1n) is 11.2. The highest BCUT2D eigenvalue weighted by Crippen LogP contribution is 2.13. The highest BCUT2D eigenvalue weighted by molar-refractivity contribution is 5.79. The number of rotatable bonds is 10. The molecular formula is C25H36N4O. The van der Waals surface area contributed by atoms with E-state index in [4.69, 9.17) is 4.74 Å². The first-order valence-corrected chi connectivity index (χ1v) is 11.2. The average molecular weight is 409 g/mol. The zero-order chi connectivity index (χ0) is 20.9. The van der Waals surface area contributed by atoms with Crippen LogP contribution in [0.25, 0.3) is 0 Å². The van der Waals surface area contributed by atoms with Crippen molar-refractivity contribution in [1.82, 2.24) is 15.5 Å². The Balaban J connectivity index is 1.23. The van der Waals surface area contributed by atoms with Crippen LogP contribution in [0, 0.1) is 0 Å². The van der Waals surface area contributed by atoms with Gasteiger partial charge in [0.1, 0.15) is 0 Å². The molecule has 1 heterocycles. The Hall–Kier alpha value is -2.37. The summed E-state index contributed by atoms with van der Waals surface area (Å²) in [5, 5.41) is 7.04. The number of piperidine rings is 1. The van der Waals surface area contributed by atoms with E-state index in [2.05, 4.69) is 63.0 Å². The van der Waals surface area contributed by atoms with Crippen LogP contribution in [0.1, 0.15) is 36.8 Å². The van der Waals surface area contributed by atoms with Crippen LogP contribution >= 0.6 is 0 Å². The van der Waals surface area contributed by atoms with Crippen molar-refractivity contribution >= 4 is 5.96 Å². The highest BCUT2D eigenvalue weighted by atomic mass is 16.5. The number of nitrogens with zero attached hydrogens (tertiary/aromatic N) is 2. The minimum Gasteiger partial charge on any atom is -0.377 e. The first-order chi connectivity index (χ1) is 14.8. The van der Waals surface area contributed by atoms with Crippen molar-refractivity contribution in [3.05, 3.63) is 71.8 Å². The molecule has 1 saturated heterocycles. The summed E-state index contributed by atoms with van der Waals surface area (Å²) in [5.74, 6) is 0.918. The lowest BCUT2D eigenvalue weighted by molar-refractivity contribution is 0.117. The molecule has 30 heavy (non-hydrogen) atoms. The molecule has 5 nitrogen and oxygen atoms in total. The number of hydrogen-bond acceptors (Lipinski definition) is 3. The van der Waals surface area contributed by atoms with Gasteiger partial charge >= 0.3 is 0 Å². The monoisotopic (exact) mass is 408 g/mol. The maximum absolute atomic E-state index is 5.75. The fourth-order valence-corrected chi connectivity index (χ4v) is 3.77. The first kappa shape index (κ1) is 22.3. The molecule has 2 N–H and O–H groups in total. The Morgan fingerprint density at radius 3 is 2.30 bits per heavy atom. The van der Waals surface area contributed by atoms with Gasteiger partial charge in [0.05, 0.1) is 6.61 Å². The summed E-state index contributed by atoms with van der Waals surface area (Å²) in [5.41, 5.74) is 2.63. The van der Waals surface area contributed by atoms with Crippen LogP contribution in [0.15, 0.2) is 65.7 Å². The van der Waals surface area contributed by atoms with Crippen molar-refractivity contribution in [2.45, 2.75) is 44.9 Å². The standard InChI is InChI=1S/C25H36N4O/c1-26-25(27-16-8-9-19-30-21-23-12-6-3-7-13-23)28-24-14-17-29(18-15-24)20-22-10-4-2-5-11-22/h2-7,10-13,24H,8-9,14-21H2,1H3,(H2,26,27,28). The largest absolute Gasteiger partial charge is 0.377 e. The molecule has 0 radical (unpaired) electrons. The van der Waals surface area contributed by atoms with Crippen molar-refractivity contribution in [2.24, 2.45) is 4.99 Å². The van der Waals surface area contributed by atoms with Gasteiger partial charge in [0.25, 0.3) is 0 Å². The molecule has 0 aliphatic carbocycles. The molecule has 0 amide bonds. The van der Waals surface area contributed by atoms with Gasteiger partial charge < -0.3 is 15.4 Å². The predicted molar refractivity (Wildman–Crippen MR) is 125 cm³/mol. The molecule has 0 aromatic heterocycles. The van der Waals surface area contributed by atoms with Crippen LogP contribution in [0.5, 0.6) is 0 Å². The van der Waals surface area contributed by atoms with Crippen LogP contribution in [-0.2, 0) is 17.9 Å². The van der Waals surface area contributed by atoms with Crippen LogP contribution in [0.3, 0.4) is 0 Å². The quantitative estimate of drug-likeness (QED) is 0.357. The molecule has 3 rings (SSSR count). The van der Waals surface area contributed by atoms with Gasteiger partial charge in [-0.1, -0.05) is 60.7 Å². The number of guanidine groups is 1. The predicted octanol–water partition coefficient (Wildman–Crippen LogP) is 3.81. The van der Waals surface area contributed by atoms with Crippen LogP contribution in [0.2, 0.25) is 0 Å². The van der Waals surface area contributed by atoms with E-state index in [0.29, 0.717) is 12.6 Å². The second kappa shape index (κ2) is 13.0. The van der Waals surface area contributed by atoms with Gasteiger partial charge in [0.15, 0.2) is 5.96 Å². The molecule has 0 saturated carbocycles. The SMILES string of the molecule is CN=C(NCCCCOCc1ccccc1)NC1CCN(Cc2ccccc2)CC1. The topological polar surface area (TPSA) is 48.9 Å². The lowest BCUT2D eigenvalue weighted by Crippen LogP contribution is -2.48. The summed E-state index contributed by atoms with van der Waals surface area (Å²) >= 11 is 0. The second-order valence-electron chi connectivity index (χ2n) is 7.92. The minimum atomic E-state index is 0.498. The molecule has 0 unspecified atom stereocenters. The second-order valence-corrected chi connectivity index (χ2v) is 7.92. The zero-order valence-electron chi connectivity index (χ0n) is 18.2. The van der Waals surface area contributed by atoms with Crippen LogP contribution in [-0.4, -0.2) is 50.2 Å². The zero-order valence-corrected chi connectivity index (χ0v) is 18.2. The van der Waals surface area contributed by atoms with E-state index >= 15 is 0 Å². The number of hydrogen-bond donors (Lipinski definition) is 2. The minimum absolute atomic E-state index is 0.498. The van der Waals surface area contributed by atoms with Gasteiger partial charge in [-0.05, 0) is 36.8 Å². The number of likely N-dealkylation sites (tertiary alicyclic amines) is 1. The van der Waals surface area contributed by atoms with Crippen molar-refractivity contribution in [1.29, 1.82) is 0 Å². The summed E-state index contributed by atoms with van der Waals surface area (Å²) in [7, 11) is 1.85. The molecule has 0 atom stereocenters. The van der Waals surface area contributed by atoms with E-state index in [0.717, 1.165) is 64.4 Å². The normalized spacial score (nSPS) is 15.8. The molecule has 1 aliphatic heterocycles. The molecule has 1 aliphatic rings. The molecule has 162 valence electrons. The van der Waals surface area contributed by atoms with E-state index in [1.54, 1.807) is 0 Å². The summed E-state index contributed by atoms with van der Waals surface area (Å²) in [6.45, 7) is 5.71. The molecule has 5 heteroatoms. The highest BCUT2D eigenvalue weighted by Gasteiger charge is 2.19. The Morgan fingerprint density at radius 2 is 1.63 bits per heavy atom. The van der Waals surface area contributed by atoms with Crippen LogP contribution < -0.4 is 10.6 Å². The molecule has 0 spiro atoms. The van der Waals surface area contributed by atoms with E-state index in [1.807, 2.05) is 25.2 Å². The number of ether oxygens (including phenoxy) is 1. The van der Waals surface area contributed by atoms with E-state index < -0.39 is 0 Å². The number of nitrogens with one attached hydrogen (secondary N) is 2. The van der Waals surface area contributed by atoms with Crippen molar-refractivity contribution in [3.63, 3.8) is 0 Å². The Bertz CT molecular complexity index is 727. The molecule has 2 aromatic carbocycles. The van der Waals surface area contributed by atoms with E-state index in [-0.39, 0.29) is 0 Å². The van der Waals surface area contributed by atoms with Gasteiger partial charge in [0.2, 0.25) is 0 Å². The molecule has 0 bridgehead atoms. The molecule has 1 fully saturated rings. The van der Waals surface area contributed by atoms with Gasteiger partial charge in [-0.2, -0.15) is 0 Å². The summed E-state index contributed by atoms with van der Waals surface area (Å²) in [4.78, 5) is 6.93. The van der Waals surface area contributed by atoms with Gasteiger partial charge in [-0.25, -0.2) is 0 Å². The molecular weight excluding hydrogens is 372 g/mol. The Kier molecular flexibility index (Phi) is 9.70. The smallest absolute Gasteiger partial charge is 0.191 e. The number of benzene rings is 2.